The van der Waals surface area contributed by atoms with Crippen LogP contribution in [0.4, 0.5) is 0 Å². The minimum atomic E-state index is -1.00. The molecule has 1 rings (SSSR count). The first-order chi connectivity index (χ1) is 6.49. The fraction of sp³-hybridized carbons (Fsp3) is 0.300. The molecule has 76 valence electrons. The van der Waals surface area contributed by atoms with Crippen LogP contribution in [-0.4, -0.2) is 16.2 Å². The van der Waals surface area contributed by atoms with E-state index in [1.165, 1.54) is 0 Å². The van der Waals surface area contributed by atoms with E-state index in [2.05, 4.69) is 15.9 Å². The van der Waals surface area contributed by atoms with Gasteiger partial charge in [0.25, 0.3) is 0 Å². The van der Waals surface area contributed by atoms with Crippen molar-refractivity contribution in [2.24, 2.45) is 0 Å². The molecule has 0 aromatic heterocycles. The Labute approximate surface area is 90.5 Å². The predicted molar refractivity (Wildman–Crippen MR) is 56.1 cm³/mol. The number of carboxylic acid groups (broad SMARTS) is 1. The van der Waals surface area contributed by atoms with Crippen molar-refractivity contribution >= 4 is 21.9 Å². The molecule has 0 heterocycles. The first-order valence-corrected chi connectivity index (χ1v) is 4.95. The molecular formula is C10H11BrO3. The van der Waals surface area contributed by atoms with Gasteiger partial charge in [-0.1, -0.05) is 22.0 Å². The molecule has 0 saturated carbocycles. The minimum absolute atomic E-state index is 0.268. The molecule has 4 heteroatoms. The fourth-order valence-electron chi connectivity index (χ4n) is 1.24. The largest absolute Gasteiger partial charge is 0.481 e. The van der Waals surface area contributed by atoms with E-state index >= 15 is 0 Å². The van der Waals surface area contributed by atoms with Crippen LogP contribution >= 0.6 is 15.9 Å². The van der Waals surface area contributed by atoms with Crippen LogP contribution in [0, 0.1) is 6.92 Å². The third kappa shape index (κ3) is 3.12. The number of aryl methyl sites for hydroxylation is 1. The molecule has 0 radical (unpaired) electrons. The first-order valence-electron chi connectivity index (χ1n) is 4.16. The van der Waals surface area contributed by atoms with Crippen LogP contribution in [0.2, 0.25) is 0 Å². The van der Waals surface area contributed by atoms with Crippen LogP contribution < -0.4 is 0 Å². The van der Waals surface area contributed by atoms with E-state index in [1.54, 1.807) is 12.1 Å². The Morgan fingerprint density at radius 2 is 2.14 bits per heavy atom. The zero-order valence-electron chi connectivity index (χ0n) is 7.70. The Hall–Kier alpha value is -0.870. The van der Waals surface area contributed by atoms with Gasteiger partial charge in [-0.3, -0.25) is 4.79 Å². The fourth-order valence-corrected chi connectivity index (χ4v) is 1.87. The number of hydrogen-bond acceptors (Lipinski definition) is 2. The van der Waals surface area contributed by atoms with Gasteiger partial charge < -0.3 is 10.2 Å². The second-order valence-electron chi connectivity index (χ2n) is 3.18. The number of halogens is 1. The summed E-state index contributed by atoms with van der Waals surface area (Å²) in [7, 11) is 0. The van der Waals surface area contributed by atoms with Crippen LogP contribution in [0.3, 0.4) is 0 Å². The number of carboxylic acids is 1. The number of aliphatic hydroxyl groups is 1. The molecule has 1 aromatic carbocycles. The van der Waals surface area contributed by atoms with Crippen molar-refractivity contribution in [3.8, 4) is 0 Å². The second-order valence-corrected chi connectivity index (χ2v) is 4.09. The number of rotatable bonds is 3. The quantitative estimate of drug-likeness (QED) is 0.875. The third-order valence-corrected chi connectivity index (χ3v) is 2.28. The van der Waals surface area contributed by atoms with Gasteiger partial charge in [0.2, 0.25) is 0 Å². The number of hydrogen-bond donors (Lipinski definition) is 2. The lowest BCUT2D eigenvalue weighted by Crippen LogP contribution is -2.05. The molecule has 3 nitrogen and oxygen atoms in total. The molecule has 0 amide bonds. The first kappa shape index (κ1) is 11.2. The molecule has 0 aliphatic rings. The van der Waals surface area contributed by atoms with Gasteiger partial charge >= 0.3 is 5.97 Å². The Morgan fingerprint density at radius 3 is 2.64 bits per heavy atom. The summed E-state index contributed by atoms with van der Waals surface area (Å²) in [5.74, 6) is -1.00. The van der Waals surface area contributed by atoms with Crippen molar-refractivity contribution in [2.75, 3.05) is 0 Å². The van der Waals surface area contributed by atoms with Gasteiger partial charge in [0, 0.05) is 4.47 Å². The molecule has 0 bridgehead atoms. The maximum atomic E-state index is 10.4. The van der Waals surface area contributed by atoms with E-state index in [4.69, 9.17) is 5.11 Å². The lowest BCUT2D eigenvalue weighted by atomic mass is 10.0. The SMILES string of the molecule is Cc1cc(Br)cc([C@H](O)CC(=O)O)c1. The van der Waals surface area contributed by atoms with Gasteiger partial charge in [-0.25, -0.2) is 0 Å². The van der Waals surface area contributed by atoms with E-state index in [-0.39, 0.29) is 6.42 Å². The van der Waals surface area contributed by atoms with Gasteiger partial charge in [-0.2, -0.15) is 0 Å². The van der Waals surface area contributed by atoms with Crippen LogP contribution in [-0.2, 0) is 4.79 Å². The summed E-state index contributed by atoms with van der Waals surface area (Å²) in [4.78, 5) is 10.4. The zero-order chi connectivity index (χ0) is 10.7. The molecule has 0 spiro atoms. The molecule has 1 atom stereocenters. The molecule has 0 unspecified atom stereocenters. The number of aliphatic hydroxyl groups excluding tert-OH is 1. The molecule has 1 aromatic rings. The molecule has 14 heavy (non-hydrogen) atoms. The molecule has 2 N–H and O–H groups in total. The Bertz CT molecular complexity index is 329. The van der Waals surface area contributed by atoms with E-state index in [1.807, 2.05) is 13.0 Å². The topological polar surface area (TPSA) is 57.5 Å². The highest BCUT2D eigenvalue weighted by molar-refractivity contribution is 9.10. The van der Waals surface area contributed by atoms with E-state index in [0.717, 1.165) is 10.0 Å². The van der Waals surface area contributed by atoms with Crippen molar-refractivity contribution in [3.05, 3.63) is 33.8 Å². The molecule has 0 saturated heterocycles. The van der Waals surface area contributed by atoms with Crippen molar-refractivity contribution < 1.29 is 15.0 Å². The number of carbonyl (C=O) groups is 1. The number of aliphatic carboxylic acids is 1. The van der Waals surface area contributed by atoms with E-state index in [9.17, 15) is 9.90 Å². The molecular weight excluding hydrogens is 248 g/mol. The van der Waals surface area contributed by atoms with Gasteiger partial charge in [0.15, 0.2) is 0 Å². The smallest absolute Gasteiger partial charge is 0.306 e. The molecule has 0 aliphatic carbocycles. The lowest BCUT2D eigenvalue weighted by Gasteiger charge is -2.09. The van der Waals surface area contributed by atoms with Crippen LogP contribution in [0.1, 0.15) is 23.7 Å². The summed E-state index contributed by atoms with van der Waals surface area (Å²) >= 11 is 3.29. The molecule has 0 aliphatic heterocycles. The maximum Gasteiger partial charge on any atom is 0.306 e. The Balaban J connectivity index is 2.89. The average Bonchev–Trinajstić information content (AvgIpc) is 2.00. The van der Waals surface area contributed by atoms with E-state index in [0.29, 0.717) is 5.56 Å². The van der Waals surface area contributed by atoms with Gasteiger partial charge in [0.05, 0.1) is 12.5 Å². The minimum Gasteiger partial charge on any atom is -0.481 e. The second kappa shape index (κ2) is 4.57. The predicted octanol–water partition coefficient (Wildman–Crippen LogP) is 2.27. The van der Waals surface area contributed by atoms with Crippen LogP contribution in [0.15, 0.2) is 22.7 Å². The number of benzene rings is 1. The van der Waals surface area contributed by atoms with Crippen LogP contribution in [0.25, 0.3) is 0 Å². The normalized spacial score (nSPS) is 12.5. The summed E-state index contributed by atoms with van der Waals surface area (Å²) < 4.78 is 0.844. The monoisotopic (exact) mass is 258 g/mol. The lowest BCUT2D eigenvalue weighted by molar-refractivity contribution is -0.139. The van der Waals surface area contributed by atoms with Crippen molar-refractivity contribution in [1.82, 2.24) is 0 Å². The summed E-state index contributed by atoms with van der Waals surface area (Å²) in [6.07, 6.45) is -1.21. The highest BCUT2D eigenvalue weighted by Gasteiger charge is 2.12. The van der Waals surface area contributed by atoms with Crippen molar-refractivity contribution in [1.29, 1.82) is 0 Å². The Morgan fingerprint density at radius 1 is 1.50 bits per heavy atom. The zero-order valence-corrected chi connectivity index (χ0v) is 9.28. The van der Waals surface area contributed by atoms with Gasteiger partial charge in [-0.05, 0) is 30.2 Å². The van der Waals surface area contributed by atoms with Crippen LogP contribution in [0.5, 0.6) is 0 Å². The highest BCUT2D eigenvalue weighted by atomic mass is 79.9. The summed E-state index contributed by atoms with van der Waals surface area (Å²) in [5.41, 5.74) is 1.61. The summed E-state index contributed by atoms with van der Waals surface area (Å²) in [5, 5.41) is 18.1. The summed E-state index contributed by atoms with van der Waals surface area (Å²) in [6, 6.07) is 5.40. The average molecular weight is 259 g/mol. The van der Waals surface area contributed by atoms with E-state index < -0.39 is 12.1 Å². The van der Waals surface area contributed by atoms with Crippen molar-refractivity contribution in [2.45, 2.75) is 19.4 Å². The van der Waals surface area contributed by atoms with Gasteiger partial charge in [0.1, 0.15) is 0 Å². The Kier molecular flexibility index (Phi) is 3.66. The highest BCUT2D eigenvalue weighted by Crippen LogP contribution is 2.22. The maximum absolute atomic E-state index is 10.4. The summed E-state index contributed by atoms with van der Waals surface area (Å²) in [6.45, 7) is 1.89. The standard InChI is InChI=1S/C10H11BrO3/c1-6-2-7(4-8(11)3-6)9(12)5-10(13)14/h2-4,9,12H,5H2,1H3,(H,13,14)/t9-/m1/s1. The third-order valence-electron chi connectivity index (χ3n) is 1.82. The van der Waals surface area contributed by atoms with Crippen molar-refractivity contribution in [3.63, 3.8) is 0 Å². The molecule has 0 fully saturated rings. The van der Waals surface area contributed by atoms with Gasteiger partial charge in [-0.15, -0.1) is 0 Å².